The SMILES string of the molecule is CCCCC1Oc2ccccc2C1(C)C. The summed E-state index contributed by atoms with van der Waals surface area (Å²) in [4.78, 5) is 0. The van der Waals surface area contributed by atoms with Crippen molar-refractivity contribution in [3.63, 3.8) is 0 Å². The number of unbranched alkanes of at least 4 members (excludes halogenated alkanes) is 1. The van der Waals surface area contributed by atoms with Gasteiger partial charge in [0.25, 0.3) is 0 Å². The van der Waals surface area contributed by atoms with Gasteiger partial charge in [0, 0.05) is 11.0 Å². The van der Waals surface area contributed by atoms with E-state index < -0.39 is 0 Å². The predicted octanol–water partition coefficient (Wildman–Crippen LogP) is 3.92. The summed E-state index contributed by atoms with van der Waals surface area (Å²) in [6.07, 6.45) is 4.02. The molecule has 1 heterocycles. The minimum Gasteiger partial charge on any atom is -0.489 e. The van der Waals surface area contributed by atoms with Gasteiger partial charge in [-0.25, -0.2) is 0 Å². The number of para-hydroxylation sites is 1. The Labute approximate surface area is 92.5 Å². The predicted molar refractivity (Wildman–Crippen MR) is 63.4 cm³/mol. The quantitative estimate of drug-likeness (QED) is 0.725. The van der Waals surface area contributed by atoms with Crippen LogP contribution in [0.25, 0.3) is 0 Å². The van der Waals surface area contributed by atoms with Gasteiger partial charge >= 0.3 is 0 Å². The molecule has 1 aliphatic rings. The lowest BCUT2D eigenvalue weighted by Gasteiger charge is -2.25. The summed E-state index contributed by atoms with van der Waals surface area (Å²) in [7, 11) is 0. The molecular formula is C14H20O. The molecule has 1 aromatic rings. The summed E-state index contributed by atoms with van der Waals surface area (Å²) in [5, 5.41) is 0. The summed E-state index contributed by atoms with van der Waals surface area (Å²) in [6, 6.07) is 8.44. The molecule has 1 aliphatic heterocycles. The Kier molecular flexibility index (Phi) is 2.72. The molecule has 0 fully saturated rings. The minimum absolute atomic E-state index is 0.172. The molecule has 82 valence electrons. The van der Waals surface area contributed by atoms with Gasteiger partial charge in [-0.05, 0) is 12.5 Å². The number of benzene rings is 1. The third kappa shape index (κ3) is 1.75. The maximum absolute atomic E-state index is 6.02. The Hall–Kier alpha value is -0.980. The summed E-state index contributed by atoms with van der Waals surface area (Å²) in [5.74, 6) is 1.09. The second kappa shape index (κ2) is 3.88. The molecule has 1 heteroatoms. The molecule has 0 radical (unpaired) electrons. The van der Waals surface area contributed by atoms with Gasteiger partial charge in [-0.2, -0.15) is 0 Å². The first-order chi connectivity index (χ1) is 7.16. The molecule has 1 atom stereocenters. The number of hydrogen-bond acceptors (Lipinski definition) is 1. The zero-order valence-corrected chi connectivity index (χ0v) is 9.92. The lowest BCUT2D eigenvalue weighted by molar-refractivity contribution is 0.152. The van der Waals surface area contributed by atoms with Crippen molar-refractivity contribution in [3.8, 4) is 5.75 Å². The van der Waals surface area contributed by atoms with Crippen LogP contribution >= 0.6 is 0 Å². The van der Waals surface area contributed by atoms with Gasteiger partial charge in [0.15, 0.2) is 0 Å². The van der Waals surface area contributed by atoms with E-state index in [4.69, 9.17) is 4.74 Å². The maximum atomic E-state index is 6.02. The van der Waals surface area contributed by atoms with Crippen molar-refractivity contribution in [1.82, 2.24) is 0 Å². The van der Waals surface area contributed by atoms with Crippen molar-refractivity contribution in [2.24, 2.45) is 0 Å². The summed E-state index contributed by atoms with van der Waals surface area (Å²) in [5.41, 5.74) is 1.54. The average Bonchev–Trinajstić information content (AvgIpc) is 2.48. The highest BCUT2D eigenvalue weighted by Crippen LogP contribution is 2.43. The van der Waals surface area contributed by atoms with Crippen molar-refractivity contribution in [2.45, 2.75) is 51.6 Å². The van der Waals surface area contributed by atoms with Crippen molar-refractivity contribution >= 4 is 0 Å². The van der Waals surface area contributed by atoms with Crippen LogP contribution in [0.1, 0.15) is 45.6 Å². The molecule has 0 N–H and O–H groups in total. The lowest BCUT2D eigenvalue weighted by Crippen LogP contribution is -2.31. The number of rotatable bonds is 3. The maximum Gasteiger partial charge on any atom is 0.123 e. The van der Waals surface area contributed by atoms with Crippen molar-refractivity contribution < 1.29 is 4.74 Å². The highest BCUT2D eigenvalue weighted by Gasteiger charge is 2.40. The van der Waals surface area contributed by atoms with E-state index in [-0.39, 0.29) is 5.41 Å². The van der Waals surface area contributed by atoms with E-state index in [2.05, 4.69) is 45.0 Å². The molecule has 0 spiro atoms. The molecule has 0 bridgehead atoms. The first-order valence-electron chi connectivity index (χ1n) is 5.92. The minimum atomic E-state index is 0.172. The zero-order valence-electron chi connectivity index (χ0n) is 9.92. The van der Waals surface area contributed by atoms with Crippen molar-refractivity contribution in [3.05, 3.63) is 29.8 Å². The van der Waals surface area contributed by atoms with Gasteiger partial charge in [0.1, 0.15) is 11.9 Å². The molecule has 1 aromatic carbocycles. The molecule has 1 nitrogen and oxygen atoms in total. The van der Waals surface area contributed by atoms with E-state index in [1.54, 1.807) is 0 Å². The molecule has 0 aromatic heterocycles. The van der Waals surface area contributed by atoms with E-state index in [0.29, 0.717) is 6.10 Å². The Morgan fingerprint density at radius 2 is 2.00 bits per heavy atom. The zero-order chi connectivity index (χ0) is 10.9. The third-order valence-corrected chi connectivity index (χ3v) is 3.48. The average molecular weight is 204 g/mol. The van der Waals surface area contributed by atoms with Gasteiger partial charge in [0.2, 0.25) is 0 Å². The topological polar surface area (TPSA) is 9.23 Å². The summed E-state index contributed by atoms with van der Waals surface area (Å²) in [6.45, 7) is 6.81. The molecule has 1 unspecified atom stereocenters. The smallest absolute Gasteiger partial charge is 0.123 e. The Morgan fingerprint density at radius 1 is 1.27 bits per heavy atom. The fraction of sp³-hybridized carbons (Fsp3) is 0.571. The lowest BCUT2D eigenvalue weighted by atomic mass is 9.79. The van der Waals surface area contributed by atoms with Gasteiger partial charge in [-0.1, -0.05) is 51.8 Å². The van der Waals surface area contributed by atoms with Gasteiger partial charge in [-0.3, -0.25) is 0 Å². The van der Waals surface area contributed by atoms with Crippen LogP contribution in [0.5, 0.6) is 5.75 Å². The first kappa shape index (κ1) is 10.5. The van der Waals surface area contributed by atoms with Crippen molar-refractivity contribution in [1.29, 1.82) is 0 Å². The third-order valence-electron chi connectivity index (χ3n) is 3.48. The number of ether oxygens (including phenoxy) is 1. The van der Waals surface area contributed by atoms with Crippen LogP contribution in [0.3, 0.4) is 0 Å². The van der Waals surface area contributed by atoms with Crippen LogP contribution in [-0.2, 0) is 5.41 Å². The second-order valence-electron chi connectivity index (χ2n) is 4.97. The molecule has 15 heavy (non-hydrogen) atoms. The molecule has 0 amide bonds. The highest BCUT2D eigenvalue weighted by atomic mass is 16.5. The molecular weight excluding hydrogens is 184 g/mol. The van der Waals surface area contributed by atoms with Gasteiger partial charge in [0.05, 0.1) is 0 Å². The fourth-order valence-corrected chi connectivity index (χ4v) is 2.39. The molecule has 0 saturated heterocycles. The Morgan fingerprint density at radius 3 is 2.67 bits per heavy atom. The van der Waals surface area contributed by atoms with Crippen LogP contribution < -0.4 is 4.74 Å². The van der Waals surface area contributed by atoms with Gasteiger partial charge in [-0.15, -0.1) is 0 Å². The Balaban J connectivity index is 2.22. The normalized spacial score (nSPS) is 22.2. The fourth-order valence-electron chi connectivity index (χ4n) is 2.39. The first-order valence-corrected chi connectivity index (χ1v) is 5.92. The van der Waals surface area contributed by atoms with E-state index in [1.165, 1.54) is 18.4 Å². The second-order valence-corrected chi connectivity index (χ2v) is 4.97. The molecule has 0 aliphatic carbocycles. The van der Waals surface area contributed by atoms with E-state index >= 15 is 0 Å². The van der Waals surface area contributed by atoms with E-state index in [1.807, 2.05) is 0 Å². The highest BCUT2D eigenvalue weighted by molar-refractivity contribution is 5.43. The standard InChI is InChI=1S/C14H20O/c1-4-5-10-13-14(2,3)11-8-6-7-9-12(11)15-13/h6-9,13H,4-5,10H2,1-3H3. The van der Waals surface area contributed by atoms with E-state index in [0.717, 1.165) is 12.2 Å². The van der Waals surface area contributed by atoms with Crippen LogP contribution in [0, 0.1) is 0 Å². The number of fused-ring (bicyclic) bond motifs is 1. The largest absolute Gasteiger partial charge is 0.489 e. The van der Waals surface area contributed by atoms with Crippen LogP contribution in [-0.4, -0.2) is 6.10 Å². The molecule has 2 rings (SSSR count). The van der Waals surface area contributed by atoms with Crippen LogP contribution in [0.2, 0.25) is 0 Å². The van der Waals surface area contributed by atoms with Crippen LogP contribution in [0.4, 0.5) is 0 Å². The monoisotopic (exact) mass is 204 g/mol. The summed E-state index contributed by atoms with van der Waals surface area (Å²) >= 11 is 0. The van der Waals surface area contributed by atoms with Crippen LogP contribution in [0.15, 0.2) is 24.3 Å². The number of hydrogen-bond donors (Lipinski definition) is 0. The van der Waals surface area contributed by atoms with E-state index in [9.17, 15) is 0 Å². The summed E-state index contributed by atoms with van der Waals surface area (Å²) < 4.78 is 6.02. The van der Waals surface area contributed by atoms with Crippen molar-refractivity contribution in [2.75, 3.05) is 0 Å². The Bertz CT molecular complexity index is 341. The van der Waals surface area contributed by atoms with Gasteiger partial charge < -0.3 is 4.74 Å². The molecule has 0 saturated carbocycles.